The summed E-state index contributed by atoms with van der Waals surface area (Å²) in [6.07, 6.45) is 0.984. The van der Waals surface area contributed by atoms with Crippen LogP contribution in [0.4, 0.5) is 5.13 Å². The van der Waals surface area contributed by atoms with Gasteiger partial charge in [-0.3, -0.25) is 10.1 Å². The maximum absolute atomic E-state index is 13.1. The third-order valence-electron chi connectivity index (χ3n) is 5.42. The molecule has 1 aliphatic rings. The first-order valence-corrected chi connectivity index (χ1v) is 12.9. The molecule has 33 heavy (non-hydrogen) atoms. The minimum atomic E-state index is -3.73. The average molecular weight is 488 g/mol. The first-order valence-electron chi connectivity index (χ1n) is 10.6. The van der Waals surface area contributed by atoms with Crippen LogP contribution in [0.5, 0.6) is 0 Å². The standard InChI is InChI=1S/C23H25N3O5S2/c1-15-10-16(2)13-26(12-15)33(29,30)18-7-5-6-17(11-18)22(28)31-14-21(27)25-23-24-19-8-3-4-9-20(19)32-23/h3-9,11,15-16H,10,12-14H2,1-2H3,(H,24,25,27). The predicted molar refractivity (Wildman–Crippen MR) is 127 cm³/mol. The number of thiazole rings is 1. The number of carbonyl (C=O) groups is 2. The van der Waals surface area contributed by atoms with Gasteiger partial charge in [-0.1, -0.05) is 43.4 Å². The first kappa shape index (κ1) is 23.3. The molecule has 0 bridgehead atoms. The largest absolute Gasteiger partial charge is 0.452 e. The van der Waals surface area contributed by atoms with Gasteiger partial charge < -0.3 is 4.74 Å². The molecule has 2 heterocycles. The lowest BCUT2D eigenvalue weighted by atomic mass is 9.94. The van der Waals surface area contributed by atoms with Crippen molar-refractivity contribution in [2.24, 2.45) is 11.8 Å². The summed E-state index contributed by atoms with van der Waals surface area (Å²) in [5.74, 6) is -0.759. The number of aromatic nitrogens is 1. The van der Waals surface area contributed by atoms with Crippen molar-refractivity contribution >= 4 is 48.6 Å². The summed E-state index contributed by atoms with van der Waals surface area (Å²) in [7, 11) is -3.73. The molecule has 1 saturated heterocycles. The molecule has 3 aromatic rings. The van der Waals surface area contributed by atoms with Gasteiger partial charge in [-0.25, -0.2) is 18.2 Å². The minimum absolute atomic E-state index is 0.0391. The fraction of sp³-hybridized carbons (Fsp3) is 0.348. The number of nitrogens with one attached hydrogen (secondary N) is 1. The lowest BCUT2D eigenvalue weighted by Crippen LogP contribution is -2.42. The van der Waals surface area contributed by atoms with Gasteiger partial charge in [-0.15, -0.1) is 0 Å². The number of rotatable bonds is 6. The van der Waals surface area contributed by atoms with Gasteiger partial charge in [0.15, 0.2) is 11.7 Å². The van der Waals surface area contributed by atoms with Crippen LogP contribution in [-0.2, 0) is 19.6 Å². The van der Waals surface area contributed by atoms with Crippen LogP contribution in [0.1, 0.15) is 30.6 Å². The van der Waals surface area contributed by atoms with Crippen LogP contribution in [0.25, 0.3) is 10.2 Å². The first-order chi connectivity index (χ1) is 15.7. The number of benzene rings is 2. The zero-order chi connectivity index (χ0) is 23.6. The fourth-order valence-electron chi connectivity index (χ4n) is 4.03. The quantitative estimate of drug-likeness (QED) is 0.531. The van der Waals surface area contributed by atoms with Crippen LogP contribution in [0, 0.1) is 11.8 Å². The SMILES string of the molecule is CC1CC(C)CN(S(=O)(=O)c2cccc(C(=O)OCC(=O)Nc3nc4ccccc4s3)c2)C1. The Bertz CT molecular complexity index is 1240. The molecule has 0 saturated carbocycles. The van der Waals surface area contributed by atoms with Crippen LogP contribution in [0.2, 0.25) is 0 Å². The van der Waals surface area contributed by atoms with Gasteiger partial charge in [-0.2, -0.15) is 4.31 Å². The Morgan fingerprint density at radius 3 is 2.58 bits per heavy atom. The van der Waals surface area contributed by atoms with Gasteiger partial charge in [0.2, 0.25) is 10.0 Å². The van der Waals surface area contributed by atoms with E-state index in [1.165, 1.54) is 39.9 Å². The molecule has 2 aromatic carbocycles. The molecule has 174 valence electrons. The van der Waals surface area contributed by atoms with Gasteiger partial charge in [0.05, 0.1) is 20.7 Å². The van der Waals surface area contributed by atoms with Crippen molar-refractivity contribution in [1.82, 2.24) is 9.29 Å². The van der Waals surface area contributed by atoms with Gasteiger partial charge in [0, 0.05) is 13.1 Å². The summed E-state index contributed by atoms with van der Waals surface area (Å²) in [5.41, 5.74) is 0.840. The Labute approximate surface area is 196 Å². The van der Waals surface area contributed by atoms with E-state index in [0.29, 0.717) is 18.2 Å². The van der Waals surface area contributed by atoms with E-state index in [0.717, 1.165) is 16.6 Å². The molecule has 10 heteroatoms. The van der Waals surface area contributed by atoms with E-state index in [9.17, 15) is 18.0 Å². The molecule has 1 N–H and O–H groups in total. The molecule has 2 atom stereocenters. The molecule has 8 nitrogen and oxygen atoms in total. The molecule has 0 spiro atoms. The minimum Gasteiger partial charge on any atom is -0.452 e. The highest BCUT2D eigenvalue weighted by atomic mass is 32.2. The summed E-state index contributed by atoms with van der Waals surface area (Å²) in [6, 6.07) is 13.2. The summed E-state index contributed by atoms with van der Waals surface area (Å²) in [6.45, 7) is 4.46. The third kappa shape index (κ3) is 5.40. The van der Waals surface area contributed by atoms with E-state index in [1.54, 1.807) is 0 Å². The zero-order valence-electron chi connectivity index (χ0n) is 18.4. The molecule has 0 aliphatic carbocycles. The van der Waals surface area contributed by atoms with Crippen LogP contribution >= 0.6 is 11.3 Å². The molecule has 4 rings (SSSR count). The topological polar surface area (TPSA) is 106 Å². The van der Waals surface area contributed by atoms with E-state index in [-0.39, 0.29) is 22.3 Å². The summed E-state index contributed by atoms with van der Waals surface area (Å²) < 4.78 is 33.7. The number of esters is 1. The number of fused-ring (bicyclic) bond motifs is 1. The van der Waals surface area contributed by atoms with Gasteiger partial charge >= 0.3 is 5.97 Å². The summed E-state index contributed by atoms with van der Waals surface area (Å²) in [4.78, 5) is 29.0. The summed E-state index contributed by atoms with van der Waals surface area (Å²) in [5, 5.41) is 3.03. The van der Waals surface area contributed by atoms with Crippen molar-refractivity contribution in [3.05, 3.63) is 54.1 Å². The number of para-hydroxylation sites is 1. The Morgan fingerprint density at radius 2 is 1.85 bits per heavy atom. The Hall–Kier alpha value is -2.82. The van der Waals surface area contributed by atoms with Crippen molar-refractivity contribution < 1.29 is 22.7 Å². The molecular formula is C23H25N3O5S2. The van der Waals surface area contributed by atoms with E-state index < -0.39 is 28.5 Å². The van der Waals surface area contributed by atoms with Crippen molar-refractivity contribution in [3.8, 4) is 0 Å². The lowest BCUT2D eigenvalue weighted by molar-refractivity contribution is -0.119. The number of sulfonamides is 1. The Kier molecular flexibility index (Phi) is 6.78. The Morgan fingerprint density at radius 1 is 1.12 bits per heavy atom. The number of ether oxygens (including phenoxy) is 1. The second-order valence-electron chi connectivity index (χ2n) is 8.41. The number of piperidine rings is 1. The number of hydrogen-bond donors (Lipinski definition) is 1. The molecule has 0 radical (unpaired) electrons. The monoisotopic (exact) mass is 487 g/mol. The smallest absolute Gasteiger partial charge is 0.338 e. The Balaban J connectivity index is 1.39. The van der Waals surface area contributed by atoms with Crippen molar-refractivity contribution in [2.45, 2.75) is 25.2 Å². The average Bonchev–Trinajstić information content (AvgIpc) is 3.19. The van der Waals surface area contributed by atoms with E-state index in [1.807, 2.05) is 38.1 Å². The fourth-order valence-corrected chi connectivity index (χ4v) is 6.64. The second-order valence-corrected chi connectivity index (χ2v) is 11.4. The van der Waals surface area contributed by atoms with Crippen molar-refractivity contribution in [3.63, 3.8) is 0 Å². The highest BCUT2D eigenvalue weighted by molar-refractivity contribution is 7.89. The third-order valence-corrected chi connectivity index (χ3v) is 8.20. The number of nitrogens with zero attached hydrogens (tertiary/aromatic N) is 2. The van der Waals surface area contributed by atoms with E-state index in [2.05, 4.69) is 10.3 Å². The van der Waals surface area contributed by atoms with Crippen LogP contribution in [0.3, 0.4) is 0 Å². The van der Waals surface area contributed by atoms with Gasteiger partial charge in [0.1, 0.15) is 0 Å². The van der Waals surface area contributed by atoms with Crippen LogP contribution in [-0.4, -0.2) is 49.3 Å². The highest BCUT2D eigenvalue weighted by Gasteiger charge is 2.32. The maximum Gasteiger partial charge on any atom is 0.338 e. The highest BCUT2D eigenvalue weighted by Crippen LogP contribution is 2.27. The molecule has 2 unspecified atom stereocenters. The van der Waals surface area contributed by atoms with Crippen molar-refractivity contribution in [2.75, 3.05) is 25.0 Å². The molecule has 1 aliphatic heterocycles. The molecule has 1 aromatic heterocycles. The number of hydrogen-bond acceptors (Lipinski definition) is 7. The maximum atomic E-state index is 13.1. The number of anilines is 1. The lowest BCUT2D eigenvalue weighted by Gasteiger charge is -2.34. The van der Waals surface area contributed by atoms with E-state index in [4.69, 9.17) is 4.74 Å². The van der Waals surface area contributed by atoms with Crippen LogP contribution < -0.4 is 5.32 Å². The number of amides is 1. The zero-order valence-corrected chi connectivity index (χ0v) is 20.0. The molecule has 1 amide bonds. The number of carbonyl (C=O) groups excluding carboxylic acids is 2. The molecular weight excluding hydrogens is 462 g/mol. The predicted octanol–water partition coefficient (Wildman–Crippen LogP) is 3.76. The normalized spacial score (nSPS) is 19.3. The van der Waals surface area contributed by atoms with E-state index >= 15 is 0 Å². The molecule has 1 fully saturated rings. The second kappa shape index (κ2) is 9.58. The van der Waals surface area contributed by atoms with Gasteiger partial charge in [0.25, 0.3) is 5.91 Å². The van der Waals surface area contributed by atoms with Gasteiger partial charge in [-0.05, 0) is 48.6 Å². The summed E-state index contributed by atoms with van der Waals surface area (Å²) >= 11 is 1.32. The van der Waals surface area contributed by atoms with Crippen LogP contribution in [0.15, 0.2) is 53.4 Å². The van der Waals surface area contributed by atoms with Crippen molar-refractivity contribution in [1.29, 1.82) is 0 Å².